The number of fused-ring (bicyclic) bond motifs is 18. The van der Waals surface area contributed by atoms with E-state index in [1.807, 2.05) is 0 Å². The third kappa shape index (κ3) is 12.7. The lowest BCUT2D eigenvalue weighted by atomic mass is 9.92. The second-order valence-corrected chi connectivity index (χ2v) is 31.8. The van der Waals surface area contributed by atoms with Crippen molar-refractivity contribution in [2.45, 2.75) is 205 Å². The summed E-state index contributed by atoms with van der Waals surface area (Å²) in [5.41, 5.74) is 70.1. The molecule has 0 saturated carbocycles. The molecule has 6 aliphatic rings. The van der Waals surface area contributed by atoms with E-state index in [1.165, 1.54) is 267 Å². The van der Waals surface area contributed by atoms with Crippen LogP contribution in [0.2, 0.25) is 0 Å². The molecule has 0 aromatic heterocycles. The number of aryl methyl sites for hydroxylation is 16. The quantitative estimate of drug-likeness (QED) is 0.142. The van der Waals surface area contributed by atoms with Crippen LogP contribution in [0.25, 0.3) is 66.8 Å². The van der Waals surface area contributed by atoms with E-state index in [2.05, 4.69) is 312 Å². The Bertz CT molecular complexity index is 5380. The number of benzene rings is 12. The third-order valence-electron chi connectivity index (χ3n) is 25.0. The summed E-state index contributed by atoms with van der Waals surface area (Å²) in [7, 11) is 0. The average Bonchev–Trinajstić information content (AvgIpc) is 1.66. The highest BCUT2D eigenvalue weighted by atomic mass is 14.3. The monoisotopic (exact) mass is 1330 g/mol. The highest BCUT2D eigenvalue weighted by Crippen LogP contribution is 2.48. The average molecular weight is 1330 g/mol. The molecule has 0 saturated heterocycles. The predicted octanol–water partition coefficient (Wildman–Crippen LogP) is 26.9. The van der Waals surface area contributed by atoms with Gasteiger partial charge in [-0.05, 0) is 461 Å². The standard InChI is InChI=1S/6C17H18/c1-10-5-7-14-9-15-8-6-11(2)13(4)17(15)16(14)12(10)3;1-10-7-12(3)15-9-14-6-5-11(2)13(4)17(14)16(15)8-10;1-10-7-12(3)16-15(8-10)9-14-6-5-11(2)13(4)17(14)16;1-10-5-6-14-9-15-7-11(2)12(3)8-16(15)17(14)13(10)4;1-10-7-8-14-9-15-11(2)5-6-12(3)16(15)17(14)13(10)4;1-10-6-5-7-15-16(10)9-14-8-11(2)12(3)13(4)17(14)15/h6*5-8H,9H2,1-4H3. The van der Waals surface area contributed by atoms with Crippen molar-refractivity contribution >= 4 is 0 Å². The van der Waals surface area contributed by atoms with Crippen LogP contribution in [0.4, 0.5) is 0 Å². The molecular formula is C102H108. The lowest BCUT2D eigenvalue weighted by Crippen LogP contribution is -1.92. The van der Waals surface area contributed by atoms with Crippen molar-refractivity contribution in [3.8, 4) is 66.8 Å². The van der Waals surface area contributed by atoms with Gasteiger partial charge in [0.1, 0.15) is 0 Å². The molecule has 12 aromatic carbocycles. The van der Waals surface area contributed by atoms with E-state index in [9.17, 15) is 0 Å². The van der Waals surface area contributed by atoms with Crippen LogP contribution in [0.1, 0.15) is 200 Å². The van der Waals surface area contributed by atoms with Crippen LogP contribution in [0.5, 0.6) is 0 Å². The van der Waals surface area contributed by atoms with Gasteiger partial charge in [-0.25, -0.2) is 0 Å². The molecule has 0 N–H and O–H groups in total. The maximum Gasteiger partial charge on any atom is -0.00106 e. The predicted molar refractivity (Wildman–Crippen MR) is 442 cm³/mol. The lowest BCUT2D eigenvalue weighted by Gasteiger charge is -2.12. The molecule has 0 spiro atoms. The molecule has 18 rings (SSSR count). The van der Waals surface area contributed by atoms with Gasteiger partial charge < -0.3 is 0 Å². The van der Waals surface area contributed by atoms with Crippen LogP contribution >= 0.6 is 0 Å². The Kier molecular flexibility index (Phi) is 19.3. The molecule has 516 valence electrons. The molecule has 0 fully saturated rings. The maximum atomic E-state index is 2.37. The van der Waals surface area contributed by atoms with Gasteiger partial charge >= 0.3 is 0 Å². The van der Waals surface area contributed by atoms with Gasteiger partial charge in [0.2, 0.25) is 0 Å². The number of rotatable bonds is 0. The Labute approximate surface area is 613 Å². The second kappa shape index (κ2) is 27.8. The molecule has 12 aromatic rings. The van der Waals surface area contributed by atoms with Crippen LogP contribution in [-0.2, 0) is 38.5 Å². The van der Waals surface area contributed by atoms with Gasteiger partial charge in [-0.3, -0.25) is 0 Å². The molecule has 0 amide bonds. The van der Waals surface area contributed by atoms with Crippen molar-refractivity contribution < 1.29 is 0 Å². The molecule has 0 radical (unpaired) electrons. The zero-order valence-corrected chi connectivity index (χ0v) is 66.1. The number of hydrogen-bond acceptors (Lipinski definition) is 0. The fourth-order valence-electron chi connectivity index (χ4n) is 18.0. The summed E-state index contributed by atoms with van der Waals surface area (Å²) >= 11 is 0. The molecular weight excluding hydrogens is 1230 g/mol. The molecule has 0 aliphatic heterocycles. The molecule has 6 aliphatic carbocycles. The van der Waals surface area contributed by atoms with Crippen molar-refractivity contribution in [1.29, 1.82) is 0 Å². The highest BCUT2D eigenvalue weighted by molar-refractivity contribution is 5.88. The van der Waals surface area contributed by atoms with Gasteiger partial charge in [0.25, 0.3) is 0 Å². The molecule has 102 heavy (non-hydrogen) atoms. The van der Waals surface area contributed by atoms with Crippen molar-refractivity contribution in [2.75, 3.05) is 0 Å². The molecule has 0 bridgehead atoms. The van der Waals surface area contributed by atoms with E-state index < -0.39 is 0 Å². The van der Waals surface area contributed by atoms with Gasteiger partial charge in [0.05, 0.1) is 0 Å². The Balaban J connectivity index is 0.000000109. The largest absolute Gasteiger partial charge is 0.0614 e. The fourth-order valence-corrected chi connectivity index (χ4v) is 18.0. The first-order chi connectivity index (χ1) is 48.5. The Morgan fingerprint density at radius 2 is 0.500 bits per heavy atom. The molecule has 0 heteroatoms. The van der Waals surface area contributed by atoms with Gasteiger partial charge in [0.15, 0.2) is 0 Å². The van der Waals surface area contributed by atoms with E-state index in [0.29, 0.717) is 0 Å². The van der Waals surface area contributed by atoms with Crippen LogP contribution in [0.3, 0.4) is 0 Å². The van der Waals surface area contributed by atoms with Gasteiger partial charge in [-0.1, -0.05) is 157 Å². The van der Waals surface area contributed by atoms with Crippen LogP contribution in [0, 0.1) is 166 Å². The van der Waals surface area contributed by atoms with Crippen LogP contribution in [0.15, 0.2) is 146 Å². The normalized spacial score (nSPS) is 12.5. The summed E-state index contributed by atoms with van der Waals surface area (Å²) in [5.74, 6) is 0. The zero-order valence-electron chi connectivity index (χ0n) is 66.1. The highest BCUT2D eigenvalue weighted by Gasteiger charge is 2.29. The van der Waals surface area contributed by atoms with Crippen molar-refractivity contribution in [3.63, 3.8) is 0 Å². The van der Waals surface area contributed by atoms with Gasteiger partial charge in [-0.2, -0.15) is 0 Å². The zero-order chi connectivity index (χ0) is 72.9. The molecule has 0 nitrogen and oxygen atoms in total. The summed E-state index contributed by atoms with van der Waals surface area (Å²) < 4.78 is 0. The van der Waals surface area contributed by atoms with Crippen molar-refractivity contribution in [2.24, 2.45) is 0 Å². The van der Waals surface area contributed by atoms with E-state index in [1.54, 1.807) is 0 Å². The van der Waals surface area contributed by atoms with E-state index in [0.717, 1.165) is 38.5 Å². The van der Waals surface area contributed by atoms with Crippen LogP contribution in [-0.4, -0.2) is 0 Å². The fraction of sp³-hybridized carbons (Fsp3) is 0.294. The summed E-state index contributed by atoms with van der Waals surface area (Å²) in [6.07, 6.45) is 6.64. The smallest absolute Gasteiger partial charge is 0.00106 e. The SMILES string of the molecule is Cc1cc(C)c2c(c1)-c1c(ccc(C)c1C)C2.Cc1cc(C)c2c(c1)Cc1ccc(C)c(C)c1-2.Cc1cc2c(c(C)c1C)-c1cccc(C)c1C2.Cc1cc2c(cc1C)-c1c(ccc(C)c1C)C2.Cc1ccc2c(c1C)-c1c(C)ccc(C)c1C2.Cc1ccc2c(c1C)-c1c(ccc(C)c1C)C2. The molecule has 0 heterocycles. The summed E-state index contributed by atoms with van der Waals surface area (Å²) in [5, 5.41) is 0. The van der Waals surface area contributed by atoms with Gasteiger partial charge in [0, 0.05) is 0 Å². The van der Waals surface area contributed by atoms with Gasteiger partial charge in [-0.15, -0.1) is 0 Å². The minimum atomic E-state index is 1.10. The third-order valence-corrected chi connectivity index (χ3v) is 25.0. The van der Waals surface area contributed by atoms with E-state index >= 15 is 0 Å². The topological polar surface area (TPSA) is 0 Å². The Hall–Kier alpha value is -9.36. The lowest BCUT2D eigenvalue weighted by molar-refractivity contribution is 1.19. The first-order valence-corrected chi connectivity index (χ1v) is 37.7. The van der Waals surface area contributed by atoms with E-state index in [4.69, 9.17) is 0 Å². The molecule has 0 unspecified atom stereocenters. The molecule has 0 atom stereocenters. The van der Waals surface area contributed by atoms with Crippen molar-refractivity contribution in [3.05, 3.63) is 346 Å². The Morgan fingerprint density at radius 1 is 0.157 bits per heavy atom. The van der Waals surface area contributed by atoms with Crippen molar-refractivity contribution in [1.82, 2.24) is 0 Å². The first kappa shape index (κ1) is 71.1. The number of hydrogen-bond donors (Lipinski definition) is 0. The minimum Gasteiger partial charge on any atom is -0.0614 e. The summed E-state index contributed by atoms with van der Waals surface area (Å²) in [6, 6.07) is 54.9. The second-order valence-electron chi connectivity index (χ2n) is 31.8. The summed E-state index contributed by atoms with van der Waals surface area (Å²) in [6.45, 7) is 53.4. The van der Waals surface area contributed by atoms with E-state index in [-0.39, 0.29) is 0 Å². The Morgan fingerprint density at radius 3 is 1.05 bits per heavy atom. The minimum absolute atomic E-state index is 1.10. The first-order valence-electron chi connectivity index (χ1n) is 37.7. The van der Waals surface area contributed by atoms with Crippen LogP contribution < -0.4 is 0 Å². The maximum absolute atomic E-state index is 2.37. The summed E-state index contributed by atoms with van der Waals surface area (Å²) in [4.78, 5) is 0.